The predicted octanol–water partition coefficient (Wildman–Crippen LogP) is 2.55. The van der Waals surface area contributed by atoms with Crippen molar-refractivity contribution in [2.24, 2.45) is 13.0 Å². The highest BCUT2D eigenvalue weighted by Crippen LogP contribution is 2.21. The highest BCUT2D eigenvalue weighted by Gasteiger charge is 2.27. The van der Waals surface area contributed by atoms with Crippen molar-refractivity contribution in [3.8, 4) is 0 Å². The number of piperidine rings is 1. The molecular formula is C21H29N5O2. The van der Waals surface area contributed by atoms with Gasteiger partial charge in [0.15, 0.2) is 0 Å². The lowest BCUT2D eigenvalue weighted by molar-refractivity contribution is -0.134. The molecule has 28 heavy (non-hydrogen) atoms. The second-order valence-corrected chi connectivity index (χ2v) is 7.64. The van der Waals surface area contributed by atoms with Gasteiger partial charge in [-0.25, -0.2) is 4.98 Å². The van der Waals surface area contributed by atoms with Crippen LogP contribution in [0, 0.1) is 26.7 Å². The van der Waals surface area contributed by atoms with Gasteiger partial charge in [-0.3, -0.25) is 14.3 Å². The van der Waals surface area contributed by atoms with E-state index in [1.807, 2.05) is 49.5 Å². The number of rotatable bonds is 5. The molecule has 2 aromatic rings. The number of hydrogen-bond donors (Lipinski definition) is 1. The number of aryl methyl sites for hydroxylation is 3. The van der Waals surface area contributed by atoms with Gasteiger partial charge in [0, 0.05) is 44.4 Å². The Morgan fingerprint density at radius 3 is 2.46 bits per heavy atom. The lowest BCUT2D eigenvalue weighted by Gasteiger charge is -2.31. The molecule has 2 amide bonds. The van der Waals surface area contributed by atoms with Gasteiger partial charge in [-0.05, 0) is 57.2 Å². The molecule has 150 valence electrons. The highest BCUT2D eigenvalue weighted by molar-refractivity contribution is 5.91. The number of amides is 2. The van der Waals surface area contributed by atoms with E-state index in [1.54, 1.807) is 6.20 Å². The van der Waals surface area contributed by atoms with Gasteiger partial charge in [0.25, 0.3) is 0 Å². The summed E-state index contributed by atoms with van der Waals surface area (Å²) in [4.78, 5) is 31.1. The first-order chi connectivity index (χ1) is 13.3. The number of hydrogen-bond acceptors (Lipinski definition) is 4. The molecule has 0 bridgehead atoms. The van der Waals surface area contributed by atoms with Crippen molar-refractivity contribution in [3.05, 3.63) is 40.8 Å². The molecule has 0 spiro atoms. The lowest BCUT2D eigenvalue weighted by Crippen LogP contribution is -2.41. The SMILES string of the molecule is Cc1ccc(NC(=O)C2CCN(C(=O)CCc3c(C)nn(C)c3C)CC2)nc1. The van der Waals surface area contributed by atoms with Crippen molar-refractivity contribution in [3.63, 3.8) is 0 Å². The van der Waals surface area contributed by atoms with E-state index in [2.05, 4.69) is 15.4 Å². The van der Waals surface area contributed by atoms with Crippen molar-refractivity contribution in [2.75, 3.05) is 18.4 Å². The Bertz CT molecular complexity index is 848. The minimum atomic E-state index is -0.0741. The number of likely N-dealkylation sites (tertiary alicyclic amines) is 1. The van der Waals surface area contributed by atoms with E-state index in [-0.39, 0.29) is 17.7 Å². The van der Waals surface area contributed by atoms with Crippen LogP contribution in [-0.2, 0) is 23.1 Å². The van der Waals surface area contributed by atoms with Crippen LogP contribution in [0.2, 0.25) is 0 Å². The van der Waals surface area contributed by atoms with Gasteiger partial charge in [0.05, 0.1) is 5.69 Å². The van der Waals surface area contributed by atoms with Crippen LogP contribution in [0.15, 0.2) is 18.3 Å². The number of carbonyl (C=O) groups is 2. The van der Waals surface area contributed by atoms with Crippen LogP contribution < -0.4 is 5.32 Å². The minimum Gasteiger partial charge on any atom is -0.343 e. The smallest absolute Gasteiger partial charge is 0.228 e. The predicted molar refractivity (Wildman–Crippen MR) is 108 cm³/mol. The number of carbonyl (C=O) groups excluding carboxylic acids is 2. The van der Waals surface area contributed by atoms with Crippen LogP contribution in [0.3, 0.4) is 0 Å². The average Bonchev–Trinajstić information content (AvgIpc) is 2.93. The zero-order valence-corrected chi connectivity index (χ0v) is 17.2. The van der Waals surface area contributed by atoms with Crippen LogP contribution in [0.1, 0.15) is 41.8 Å². The van der Waals surface area contributed by atoms with Crippen LogP contribution in [0.25, 0.3) is 0 Å². The topological polar surface area (TPSA) is 80.1 Å². The Morgan fingerprint density at radius 2 is 1.89 bits per heavy atom. The Morgan fingerprint density at radius 1 is 1.18 bits per heavy atom. The van der Waals surface area contributed by atoms with Crippen molar-refractivity contribution in [1.82, 2.24) is 19.7 Å². The Labute approximate surface area is 166 Å². The minimum absolute atomic E-state index is 0.00920. The molecule has 1 N–H and O–H groups in total. The summed E-state index contributed by atoms with van der Waals surface area (Å²) in [5, 5.41) is 7.29. The van der Waals surface area contributed by atoms with Gasteiger partial charge in [0.1, 0.15) is 5.82 Å². The van der Waals surface area contributed by atoms with E-state index in [9.17, 15) is 9.59 Å². The quantitative estimate of drug-likeness (QED) is 0.860. The van der Waals surface area contributed by atoms with Crippen LogP contribution >= 0.6 is 0 Å². The molecule has 0 unspecified atom stereocenters. The Hall–Kier alpha value is -2.70. The molecule has 3 rings (SSSR count). The summed E-state index contributed by atoms with van der Waals surface area (Å²) in [5.41, 5.74) is 4.33. The number of anilines is 1. The molecular weight excluding hydrogens is 354 g/mol. The maximum absolute atomic E-state index is 12.6. The van der Waals surface area contributed by atoms with Gasteiger partial charge >= 0.3 is 0 Å². The molecule has 7 nitrogen and oxygen atoms in total. The summed E-state index contributed by atoms with van der Waals surface area (Å²) in [6.45, 7) is 7.24. The summed E-state index contributed by atoms with van der Waals surface area (Å²) >= 11 is 0. The molecule has 0 aliphatic carbocycles. The first-order valence-electron chi connectivity index (χ1n) is 9.85. The third-order valence-corrected chi connectivity index (χ3v) is 5.63. The van der Waals surface area contributed by atoms with E-state index >= 15 is 0 Å². The molecule has 0 atom stereocenters. The average molecular weight is 383 g/mol. The molecule has 0 saturated carbocycles. The van der Waals surface area contributed by atoms with Crippen LogP contribution in [0.4, 0.5) is 5.82 Å². The van der Waals surface area contributed by atoms with Crippen molar-refractivity contribution >= 4 is 17.6 Å². The van der Waals surface area contributed by atoms with Crippen LogP contribution in [-0.4, -0.2) is 44.6 Å². The number of aromatic nitrogens is 3. The maximum atomic E-state index is 12.6. The highest BCUT2D eigenvalue weighted by atomic mass is 16.2. The number of nitrogens with zero attached hydrogens (tertiary/aromatic N) is 4. The molecule has 2 aromatic heterocycles. The zero-order chi connectivity index (χ0) is 20.3. The van der Waals surface area contributed by atoms with Crippen LogP contribution in [0.5, 0.6) is 0 Å². The molecule has 1 aliphatic rings. The molecule has 1 aliphatic heterocycles. The molecule has 0 radical (unpaired) electrons. The summed E-state index contributed by atoms with van der Waals surface area (Å²) in [5.74, 6) is 0.651. The van der Waals surface area contributed by atoms with Gasteiger partial charge < -0.3 is 10.2 Å². The third kappa shape index (κ3) is 4.58. The second kappa shape index (κ2) is 8.54. The maximum Gasteiger partial charge on any atom is 0.228 e. The van der Waals surface area contributed by atoms with E-state index < -0.39 is 0 Å². The monoisotopic (exact) mass is 383 g/mol. The van der Waals surface area contributed by atoms with Crippen molar-refractivity contribution < 1.29 is 9.59 Å². The van der Waals surface area contributed by atoms with E-state index in [0.29, 0.717) is 44.6 Å². The normalized spacial score (nSPS) is 14.9. The summed E-state index contributed by atoms with van der Waals surface area (Å²) in [6, 6.07) is 3.74. The fraction of sp³-hybridized carbons (Fsp3) is 0.524. The van der Waals surface area contributed by atoms with Crippen molar-refractivity contribution in [1.29, 1.82) is 0 Å². The standard InChI is InChI=1S/C21H29N5O2/c1-14-5-7-19(22-13-14)23-21(28)17-9-11-26(12-10-17)20(27)8-6-18-15(2)24-25(4)16(18)3/h5,7,13,17H,6,8-12H2,1-4H3,(H,22,23,28). The number of nitrogens with one attached hydrogen (secondary N) is 1. The van der Waals surface area contributed by atoms with Gasteiger partial charge in [-0.2, -0.15) is 5.10 Å². The first kappa shape index (κ1) is 20.0. The summed E-state index contributed by atoms with van der Waals surface area (Å²) < 4.78 is 1.86. The molecule has 7 heteroatoms. The first-order valence-corrected chi connectivity index (χ1v) is 9.85. The Kier molecular flexibility index (Phi) is 6.11. The van der Waals surface area contributed by atoms with Gasteiger partial charge in [-0.1, -0.05) is 6.07 Å². The van der Waals surface area contributed by atoms with Gasteiger partial charge in [0.2, 0.25) is 11.8 Å². The zero-order valence-electron chi connectivity index (χ0n) is 17.2. The summed E-state index contributed by atoms with van der Waals surface area (Å²) in [7, 11) is 1.93. The van der Waals surface area contributed by atoms with Gasteiger partial charge in [-0.15, -0.1) is 0 Å². The van der Waals surface area contributed by atoms with Crippen molar-refractivity contribution in [2.45, 2.75) is 46.5 Å². The van der Waals surface area contributed by atoms with E-state index in [0.717, 1.165) is 22.5 Å². The Balaban J connectivity index is 1.47. The molecule has 0 aromatic carbocycles. The summed E-state index contributed by atoms with van der Waals surface area (Å²) in [6.07, 6.45) is 4.31. The fourth-order valence-electron chi connectivity index (χ4n) is 3.73. The largest absolute Gasteiger partial charge is 0.343 e. The lowest BCUT2D eigenvalue weighted by atomic mass is 9.95. The third-order valence-electron chi connectivity index (χ3n) is 5.63. The molecule has 3 heterocycles. The van der Waals surface area contributed by atoms with E-state index in [4.69, 9.17) is 0 Å². The molecule has 1 saturated heterocycles. The number of pyridine rings is 1. The second-order valence-electron chi connectivity index (χ2n) is 7.64. The molecule has 1 fully saturated rings. The van der Waals surface area contributed by atoms with E-state index in [1.165, 1.54) is 0 Å². The fourth-order valence-corrected chi connectivity index (χ4v) is 3.73.